The van der Waals surface area contributed by atoms with Gasteiger partial charge in [-0.3, -0.25) is 4.79 Å². The first-order valence-electron chi connectivity index (χ1n) is 7.10. The van der Waals surface area contributed by atoms with Gasteiger partial charge in [-0.25, -0.2) is 13.1 Å². The third kappa shape index (κ3) is 2.57. The molecule has 0 radical (unpaired) electrons. The predicted octanol–water partition coefficient (Wildman–Crippen LogP) is 0.0364. The number of halogens is 1. The number of hydrogen-bond acceptors (Lipinski definition) is 5. The molecular formula is C12H17ClN4O4S. The summed E-state index contributed by atoms with van der Waals surface area (Å²) in [6, 6.07) is 0. The summed E-state index contributed by atoms with van der Waals surface area (Å²) in [5.74, 6) is 0.207. The van der Waals surface area contributed by atoms with Crippen molar-refractivity contribution in [3.63, 3.8) is 0 Å². The molecule has 22 heavy (non-hydrogen) atoms. The maximum absolute atomic E-state index is 12.5. The molecule has 0 aromatic carbocycles. The van der Waals surface area contributed by atoms with Crippen LogP contribution in [-0.4, -0.2) is 71.8 Å². The fourth-order valence-electron chi connectivity index (χ4n) is 2.58. The molecule has 3 heterocycles. The number of fused-ring (bicyclic) bond motifs is 1. The van der Waals surface area contributed by atoms with Gasteiger partial charge >= 0.3 is 0 Å². The van der Waals surface area contributed by atoms with Crippen LogP contribution < -0.4 is 4.74 Å². The Kier molecular flexibility index (Phi) is 4.04. The molecule has 1 aromatic rings. The van der Waals surface area contributed by atoms with Crippen LogP contribution >= 0.6 is 11.6 Å². The molecule has 3 rings (SSSR count). The SMILES string of the molecule is CCS(=O)(=O)N1CCN(C(=O)c2nn3c(c2Cl)OCC3)CC1. The predicted molar refractivity (Wildman–Crippen MR) is 79.7 cm³/mol. The van der Waals surface area contributed by atoms with Crippen LogP contribution in [0.3, 0.4) is 0 Å². The summed E-state index contributed by atoms with van der Waals surface area (Å²) >= 11 is 6.15. The van der Waals surface area contributed by atoms with Gasteiger partial charge in [-0.1, -0.05) is 11.6 Å². The van der Waals surface area contributed by atoms with E-state index in [2.05, 4.69) is 5.10 Å². The van der Waals surface area contributed by atoms with E-state index in [0.29, 0.717) is 45.2 Å². The van der Waals surface area contributed by atoms with E-state index in [-0.39, 0.29) is 22.4 Å². The average Bonchev–Trinajstić information content (AvgIpc) is 3.10. The highest BCUT2D eigenvalue weighted by Gasteiger charge is 2.32. The Balaban J connectivity index is 1.71. The van der Waals surface area contributed by atoms with Gasteiger partial charge in [0.1, 0.15) is 11.6 Å². The summed E-state index contributed by atoms with van der Waals surface area (Å²) in [7, 11) is -3.21. The molecule has 1 amide bonds. The molecule has 0 N–H and O–H groups in total. The number of amides is 1. The van der Waals surface area contributed by atoms with Crippen LogP contribution in [0, 0.1) is 0 Å². The summed E-state index contributed by atoms with van der Waals surface area (Å²) in [5.41, 5.74) is 0.170. The number of rotatable bonds is 3. The Hall–Kier alpha value is -1.32. The van der Waals surface area contributed by atoms with Crippen LogP contribution in [0.4, 0.5) is 0 Å². The lowest BCUT2D eigenvalue weighted by molar-refractivity contribution is 0.0691. The zero-order chi connectivity index (χ0) is 15.9. The first kappa shape index (κ1) is 15.6. The highest BCUT2D eigenvalue weighted by Crippen LogP contribution is 2.32. The Morgan fingerprint density at radius 1 is 1.27 bits per heavy atom. The van der Waals surface area contributed by atoms with Crippen LogP contribution in [0.1, 0.15) is 17.4 Å². The van der Waals surface area contributed by atoms with E-state index in [4.69, 9.17) is 16.3 Å². The molecule has 2 aliphatic heterocycles. The van der Waals surface area contributed by atoms with E-state index < -0.39 is 10.0 Å². The van der Waals surface area contributed by atoms with Gasteiger partial charge in [-0.05, 0) is 6.92 Å². The van der Waals surface area contributed by atoms with Gasteiger partial charge in [0, 0.05) is 26.2 Å². The maximum atomic E-state index is 12.5. The number of hydrogen-bond donors (Lipinski definition) is 0. The van der Waals surface area contributed by atoms with Crippen molar-refractivity contribution in [2.24, 2.45) is 0 Å². The summed E-state index contributed by atoms with van der Waals surface area (Å²) in [6.45, 7) is 3.94. The Bertz CT molecular complexity index is 694. The standard InChI is InChI=1S/C12H17ClN4O4S/c1-2-22(19,20)16-5-3-15(4-6-16)11(18)10-9(13)12-17(14-10)7-8-21-12/h2-8H2,1H3. The minimum absolute atomic E-state index is 0.0673. The largest absolute Gasteiger partial charge is 0.475 e. The second-order valence-corrected chi connectivity index (χ2v) is 7.77. The van der Waals surface area contributed by atoms with Crippen molar-refractivity contribution in [1.29, 1.82) is 0 Å². The summed E-state index contributed by atoms with van der Waals surface area (Å²) < 4.78 is 32.0. The van der Waals surface area contributed by atoms with Crippen LogP contribution in [0.15, 0.2) is 0 Å². The summed E-state index contributed by atoms with van der Waals surface area (Å²) in [5, 5.41) is 4.41. The fourth-order valence-corrected chi connectivity index (χ4v) is 3.94. The molecule has 1 saturated heterocycles. The lowest BCUT2D eigenvalue weighted by Gasteiger charge is -2.33. The fraction of sp³-hybridized carbons (Fsp3) is 0.667. The molecule has 8 nitrogen and oxygen atoms in total. The molecule has 2 aliphatic rings. The van der Waals surface area contributed by atoms with E-state index in [1.807, 2.05) is 0 Å². The molecule has 0 spiro atoms. The van der Waals surface area contributed by atoms with E-state index in [1.165, 1.54) is 4.31 Å². The Morgan fingerprint density at radius 3 is 2.55 bits per heavy atom. The topological polar surface area (TPSA) is 84.7 Å². The number of carbonyl (C=O) groups is 1. The monoisotopic (exact) mass is 348 g/mol. The number of nitrogens with zero attached hydrogens (tertiary/aromatic N) is 4. The lowest BCUT2D eigenvalue weighted by Crippen LogP contribution is -2.51. The highest BCUT2D eigenvalue weighted by molar-refractivity contribution is 7.89. The van der Waals surface area contributed by atoms with Crippen molar-refractivity contribution < 1.29 is 17.9 Å². The molecule has 1 aromatic heterocycles. The van der Waals surface area contributed by atoms with Crippen molar-refractivity contribution in [3.8, 4) is 5.88 Å². The maximum Gasteiger partial charge on any atom is 0.276 e. The van der Waals surface area contributed by atoms with E-state index in [0.717, 1.165) is 0 Å². The minimum atomic E-state index is -3.21. The zero-order valence-corrected chi connectivity index (χ0v) is 13.7. The molecule has 10 heteroatoms. The first-order chi connectivity index (χ1) is 10.4. The molecule has 0 saturated carbocycles. The number of sulfonamides is 1. The summed E-state index contributed by atoms with van der Waals surface area (Å²) in [6.07, 6.45) is 0. The summed E-state index contributed by atoms with van der Waals surface area (Å²) in [4.78, 5) is 14.1. The molecular weight excluding hydrogens is 332 g/mol. The molecule has 0 unspecified atom stereocenters. The average molecular weight is 349 g/mol. The third-order valence-electron chi connectivity index (χ3n) is 3.88. The van der Waals surface area contributed by atoms with E-state index >= 15 is 0 Å². The first-order valence-corrected chi connectivity index (χ1v) is 9.09. The minimum Gasteiger partial charge on any atom is -0.475 e. The van der Waals surface area contributed by atoms with Gasteiger partial charge in [0.25, 0.3) is 5.91 Å². The van der Waals surface area contributed by atoms with Gasteiger partial charge < -0.3 is 9.64 Å². The van der Waals surface area contributed by atoms with E-state index in [1.54, 1.807) is 16.5 Å². The molecule has 0 atom stereocenters. The quantitative estimate of drug-likeness (QED) is 0.769. The van der Waals surface area contributed by atoms with Crippen LogP contribution in [0.25, 0.3) is 0 Å². The lowest BCUT2D eigenvalue weighted by atomic mass is 10.3. The van der Waals surface area contributed by atoms with Gasteiger partial charge in [0.05, 0.1) is 12.3 Å². The number of carbonyl (C=O) groups excluding carboxylic acids is 1. The van der Waals surface area contributed by atoms with Crippen molar-refractivity contribution in [2.45, 2.75) is 13.5 Å². The van der Waals surface area contributed by atoms with E-state index in [9.17, 15) is 13.2 Å². The molecule has 0 bridgehead atoms. The van der Waals surface area contributed by atoms with Crippen molar-refractivity contribution in [3.05, 3.63) is 10.7 Å². The number of ether oxygens (including phenoxy) is 1. The number of piperazine rings is 1. The van der Waals surface area contributed by atoms with Crippen molar-refractivity contribution in [2.75, 3.05) is 38.5 Å². The Morgan fingerprint density at radius 2 is 1.95 bits per heavy atom. The normalized spacial score (nSPS) is 19.1. The molecule has 122 valence electrons. The third-order valence-corrected chi connectivity index (χ3v) is 6.10. The smallest absolute Gasteiger partial charge is 0.276 e. The van der Waals surface area contributed by atoms with Crippen LogP contribution in [0.5, 0.6) is 5.88 Å². The second-order valence-electron chi connectivity index (χ2n) is 5.13. The highest BCUT2D eigenvalue weighted by atomic mass is 35.5. The van der Waals surface area contributed by atoms with Crippen molar-refractivity contribution >= 4 is 27.5 Å². The number of aromatic nitrogens is 2. The van der Waals surface area contributed by atoms with Crippen molar-refractivity contribution in [1.82, 2.24) is 19.0 Å². The Labute approximate surface area is 133 Å². The van der Waals surface area contributed by atoms with Gasteiger partial charge in [-0.2, -0.15) is 9.40 Å². The van der Waals surface area contributed by atoms with Crippen LogP contribution in [-0.2, 0) is 16.6 Å². The second kappa shape index (κ2) is 5.71. The molecule has 1 fully saturated rings. The van der Waals surface area contributed by atoms with Gasteiger partial charge in [0.15, 0.2) is 5.69 Å². The zero-order valence-electron chi connectivity index (χ0n) is 12.2. The van der Waals surface area contributed by atoms with Gasteiger partial charge in [-0.15, -0.1) is 0 Å². The molecule has 0 aliphatic carbocycles. The van der Waals surface area contributed by atoms with Gasteiger partial charge in [0.2, 0.25) is 15.9 Å². The van der Waals surface area contributed by atoms with Crippen LogP contribution in [0.2, 0.25) is 5.02 Å².